The minimum absolute atomic E-state index is 0.314. The van der Waals surface area contributed by atoms with Gasteiger partial charge in [-0.2, -0.15) is 0 Å². The molecule has 0 aliphatic carbocycles. The number of methoxy groups -OCH3 is 2. The molecule has 4 nitrogen and oxygen atoms in total. The van der Waals surface area contributed by atoms with Crippen molar-refractivity contribution in [3.05, 3.63) is 41.5 Å². The highest BCUT2D eigenvalue weighted by Crippen LogP contribution is 2.32. The summed E-state index contributed by atoms with van der Waals surface area (Å²) in [6.45, 7) is 1.54. The fraction of sp³-hybridized carbons (Fsp3) is 0.500. The van der Waals surface area contributed by atoms with Crippen LogP contribution in [0.4, 0.5) is 0 Å². The molecule has 0 saturated carbocycles. The molecule has 1 N–H and O–H groups in total. The van der Waals surface area contributed by atoms with E-state index >= 15 is 0 Å². The van der Waals surface area contributed by atoms with Gasteiger partial charge in [0.25, 0.3) is 0 Å². The minimum atomic E-state index is -0.321. The van der Waals surface area contributed by atoms with Crippen molar-refractivity contribution in [2.45, 2.75) is 24.8 Å². The van der Waals surface area contributed by atoms with E-state index in [0.29, 0.717) is 12.1 Å². The van der Waals surface area contributed by atoms with Gasteiger partial charge < -0.3 is 19.5 Å². The van der Waals surface area contributed by atoms with Crippen LogP contribution in [0.25, 0.3) is 5.57 Å². The van der Waals surface area contributed by atoms with Gasteiger partial charge in [-0.15, -0.1) is 0 Å². The lowest BCUT2D eigenvalue weighted by Gasteiger charge is -2.35. The quantitative estimate of drug-likeness (QED) is 0.855. The fourth-order valence-electron chi connectivity index (χ4n) is 3.07. The first-order chi connectivity index (χ1) is 9.81. The smallest absolute Gasteiger partial charge is 0.183 e. The summed E-state index contributed by atoms with van der Waals surface area (Å²) < 4.78 is 16.4. The first kappa shape index (κ1) is 13.8. The number of benzene rings is 1. The van der Waals surface area contributed by atoms with E-state index in [0.717, 1.165) is 25.2 Å². The van der Waals surface area contributed by atoms with E-state index < -0.39 is 0 Å². The monoisotopic (exact) mass is 275 g/mol. The van der Waals surface area contributed by atoms with Gasteiger partial charge in [0.1, 0.15) is 0 Å². The molecule has 2 bridgehead atoms. The third-order valence-corrected chi connectivity index (χ3v) is 3.92. The summed E-state index contributed by atoms with van der Waals surface area (Å²) in [7, 11) is 3.34. The van der Waals surface area contributed by atoms with E-state index in [1.165, 1.54) is 11.1 Å². The van der Waals surface area contributed by atoms with Crippen LogP contribution in [0.5, 0.6) is 0 Å². The summed E-state index contributed by atoms with van der Waals surface area (Å²) in [5.41, 5.74) is 3.67. The van der Waals surface area contributed by atoms with Gasteiger partial charge in [0.15, 0.2) is 6.29 Å². The highest BCUT2D eigenvalue weighted by molar-refractivity contribution is 5.70. The number of hydrogen-bond donors (Lipinski definition) is 1. The number of nitrogens with one attached hydrogen (secondary N) is 1. The van der Waals surface area contributed by atoms with Crippen LogP contribution < -0.4 is 5.32 Å². The average molecular weight is 275 g/mol. The number of hydrogen-bond acceptors (Lipinski definition) is 4. The molecule has 1 aromatic rings. The van der Waals surface area contributed by atoms with Crippen LogP contribution in [-0.4, -0.2) is 39.5 Å². The van der Waals surface area contributed by atoms with E-state index in [9.17, 15) is 0 Å². The van der Waals surface area contributed by atoms with Crippen LogP contribution in [-0.2, 0) is 14.2 Å². The molecule has 108 valence electrons. The predicted octanol–water partition coefficient (Wildman–Crippen LogP) is 2.12. The molecule has 20 heavy (non-hydrogen) atoms. The molecule has 2 heterocycles. The van der Waals surface area contributed by atoms with Gasteiger partial charge in [-0.1, -0.05) is 30.3 Å². The summed E-state index contributed by atoms with van der Waals surface area (Å²) in [6, 6.07) is 9.03. The fourth-order valence-corrected chi connectivity index (χ4v) is 3.07. The molecule has 0 amide bonds. The van der Waals surface area contributed by atoms with Crippen molar-refractivity contribution in [2.75, 3.05) is 27.4 Å². The topological polar surface area (TPSA) is 39.7 Å². The Hall–Kier alpha value is -1.20. The van der Waals surface area contributed by atoms with Crippen LogP contribution in [0, 0.1) is 0 Å². The van der Waals surface area contributed by atoms with E-state index in [2.05, 4.69) is 29.6 Å². The third-order valence-electron chi connectivity index (χ3n) is 3.92. The SMILES string of the molecule is COC(OC)c1ccccc1C1=CC2COCC(C1)N2. The summed E-state index contributed by atoms with van der Waals surface area (Å²) >= 11 is 0. The normalized spacial score (nSPS) is 25.6. The number of ether oxygens (including phenoxy) is 3. The lowest BCUT2D eigenvalue weighted by Crippen LogP contribution is -2.50. The van der Waals surface area contributed by atoms with Crippen molar-refractivity contribution < 1.29 is 14.2 Å². The van der Waals surface area contributed by atoms with Gasteiger partial charge in [-0.3, -0.25) is 0 Å². The standard InChI is InChI=1S/C16H21NO3/c1-18-16(19-2)15-6-4-3-5-14(15)11-7-12-9-20-10-13(8-11)17-12/h3-7,12-13,16-17H,8-10H2,1-2H3. The van der Waals surface area contributed by atoms with Crippen LogP contribution >= 0.6 is 0 Å². The molecule has 0 aromatic heterocycles. The number of fused-ring (bicyclic) bond motifs is 2. The van der Waals surface area contributed by atoms with Crippen molar-refractivity contribution in [3.8, 4) is 0 Å². The maximum Gasteiger partial charge on any atom is 0.183 e. The molecule has 3 rings (SSSR count). The van der Waals surface area contributed by atoms with Crippen molar-refractivity contribution >= 4 is 5.57 Å². The maximum atomic E-state index is 5.58. The van der Waals surface area contributed by atoms with E-state index in [4.69, 9.17) is 14.2 Å². The predicted molar refractivity (Wildman–Crippen MR) is 77.3 cm³/mol. The molecule has 1 saturated heterocycles. The molecule has 0 spiro atoms. The van der Waals surface area contributed by atoms with E-state index in [1.54, 1.807) is 14.2 Å². The molecule has 0 radical (unpaired) electrons. The summed E-state index contributed by atoms with van der Waals surface area (Å²) in [5.74, 6) is 0. The van der Waals surface area contributed by atoms with Crippen LogP contribution in [0.15, 0.2) is 30.3 Å². The van der Waals surface area contributed by atoms with Crippen molar-refractivity contribution in [3.63, 3.8) is 0 Å². The van der Waals surface area contributed by atoms with Gasteiger partial charge >= 0.3 is 0 Å². The van der Waals surface area contributed by atoms with Crippen LogP contribution in [0.1, 0.15) is 23.8 Å². The molecular weight excluding hydrogens is 254 g/mol. The minimum Gasteiger partial charge on any atom is -0.378 e. The second kappa shape index (κ2) is 6.06. The second-order valence-electron chi connectivity index (χ2n) is 5.29. The Kier molecular flexibility index (Phi) is 4.17. The van der Waals surface area contributed by atoms with Crippen LogP contribution in [0.3, 0.4) is 0 Å². The zero-order chi connectivity index (χ0) is 13.9. The second-order valence-corrected chi connectivity index (χ2v) is 5.29. The molecule has 2 aliphatic heterocycles. The number of morpholine rings is 1. The Balaban J connectivity index is 1.95. The Morgan fingerprint density at radius 2 is 2.00 bits per heavy atom. The van der Waals surface area contributed by atoms with Crippen LogP contribution in [0.2, 0.25) is 0 Å². The molecular formula is C16H21NO3. The lowest BCUT2D eigenvalue weighted by molar-refractivity contribution is -0.106. The highest BCUT2D eigenvalue weighted by Gasteiger charge is 2.28. The van der Waals surface area contributed by atoms with Gasteiger partial charge in [0.2, 0.25) is 0 Å². The number of rotatable bonds is 4. The molecule has 2 aliphatic rings. The van der Waals surface area contributed by atoms with Gasteiger partial charge in [0, 0.05) is 31.9 Å². The highest BCUT2D eigenvalue weighted by atomic mass is 16.7. The third kappa shape index (κ3) is 2.65. The molecule has 4 heteroatoms. The van der Waals surface area contributed by atoms with Gasteiger partial charge in [-0.05, 0) is 17.6 Å². The zero-order valence-electron chi connectivity index (χ0n) is 12.0. The maximum absolute atomic E-state index is 5.58. The Morgan fingerprint density at radius 1 is 1.20 bits per heavy atom. The molecule has 2 unspecified atom stereocenters. The Morgan fingerprint density at radius 3 is 2.75 bits per heavy atom. The first-order valence-corrected chi connectivity index (χ1v) is 7.01. The molecule has 2 atom stereocenters. The van der Waals surface area contributed by atoms with Gasteiger partial charge in [0.05, 0.1) is 13.2 Å². The summed E-state index contributed by atoms with van der Waals surface area (Å²) in [5, 5.41) is 3.57. The zero-order valence-corrected chi connectivity index (χ0v) is 12.0. The van der Waals surface area contributed by atoms with E-state index in [-0.39, 0.29) is 6.29 Å². The van der Waals surface area contributed by atoms with Crippen molar-refractivity contribution in [2.24, 2.45) is 0 Å². The Labute approximate surface area is 119 Å². The molecule has 1 aromatic carbocycles. The van der Waals surface area contributed by atoms with Gasteiger partial charge in [-0.25, -0.2) is 0 Å². The van der Waals surface area contributed by atoms with E-state index in [1.807, 2.05) is 6.07 Å². The Bertz CT molecular complexity index is 496. The lowest BCUT2D eigenvalue weighted by atomic mass is 9.89. The molecule has 1 fully saturated rings. The van der Waals surface area contributed by atoms with Crippen molar-refractivity contribution in [1.82, 2.24) is 5.32 Å². The summed E-state index contributed by atoms with van der Waals surface area (Å²) in [6.07, 6.45) is 2.93. The summed E-state index contributed by atoms with van der Waals surface area (Å²) in [4.78, 5) is 0. The van der Waals surface area contributed by atoms with Crippen molar-refractivity contribution in [1.29, 1.82) is 0 Å². The first-order valence-electron chi connectivity index (χ1n) is 7.01. The largest absolute Gasteiger partial charge is 0.378 e. The average Bonchev–Trinajstić information content (AvgIpc) is 2.48.